The van der Waals surface area contributed by atoms with Gasteiger partial charge in [0.1, 0.15) is 18.1 Å². The maximum atomic E-state index is 8.65. The van der Waals surface area contributed by atoms with Crippen molar-refractivity contribution in [3.8, 4) is 5.75 Å². The number of benzene rings is 1. The number of aliphatic hydroxyl groups excluding tert-OH is 1. The molecule has 1 aliphatic rings. The lowest BCUT2D eigenvalue weighted by atomic mass is 9.71. The van der Waals surface area contributed by atoms with Gasteiger partial charge in [-0.25, -0.2) is 0 Å². The van der Waals surface area contributed by atoms with Gasteiger partial charge in [-0.05, 0) is 60.4 Å². The molecule has 0 radical (unpaired) electrons. The molecule has 1 aliphatic carbocycles. The maximum absolute atomic E-state index is 8.65. The molecule has 0 amide bonds. The average molecular weight is 481 g/mol. The second-order valence-electron chi connectivity index (χ2n) is 8.80. The number of unbranched alkanes of at least 4 members (excludes halogenated alkanes) is 3. The van der Waals surface area contributed by atoms with E-state index in [0.717, 1.165) is 43.3 Å². The van der Waals surface area contributed by atoms with Crippen LogP contribution < -0.4 is 4.74 Å². The van der Waals surface area contributed by atoms with E-state index in [0.29, 0.717) is 39.0 Å². The van der Waals surface area contributed by atoms with Crippen LogP contribution in [0.5, 0.6) is 5.75 Å². The van der Waals surface area contributed by atoms with Crippen molar-refractivity contribution in [2.75, 3.05) is 52.1 Å². The highest BCUT2D eigenvalue weighted by atomic mass is 35.5. The third kappa shape index (κ3) is 10.5. The van der Waals surface area contributed by atoms with Crippen molar-refractivity contribution in [1.82, 2.24) is 0 Å². The first kappa shape index (κ1) is 27.7. The van der Waals surface area contributed by atoms with Gasteiger partial charge in [-0.2, -0.15) is 0 Å². The van der Waals surface area contributed by atoms with E-state index >= 15 is 0 Å². The van der Waals surface area contributed by atoms with Crippen LogP contribution in [0.25, 0.3) is 0 Å². The Morgan fingerprint density at radius 1 is 0.879 bits per heavy atom. The standard InChI is InChI=1S/C27H41ClO5/c1-27(2,23-7-11-25(12-8-23)32-17-6-4-3-5-15-28)24-9-13-26(14-10-24)33-22-21-31-20-19-30-18-16-29/h7-9,11-14,24,29H,3-6,10,15-22H2,1-2H3. The van der Waals surface area contributed by atoms with E-state index in [9.17, 15) is 0 Å². The lowest BCUT2D eigenvalue weighted by Crippen LogP contribution is -2.28. The van der Waals surface area contributed by atoms with Gasteiger partial charge in [0.05, 0.1) is 39.6 Å². The molecule has 0 saturated carbocycles. The van der Waals surface area contributed by atoms with Gasteiger partial charge in [0.15, 0.2) is 0 Å². The molecule has 0 fully saturated rings. The van der Waals surface area contributed by atoms with Crippen LogP contribution in [0.1, 0.15) is 51.5 Å². The highest BCUT2D eigenvalue weighted by molar-refractivity contribution is 6.17. The van der Waals surface area contributed by atoms with Gasteiger partial charge in [0, 0.05) is 5.88 Å². The van der Waals surface area contributed by atoms with Crippen LogP contribution in [-0.4, -0.2) is 57.2 Å². The largest absolute Gasteiger partial charge is 0.494 e. The molecule has 1 unspecified atom stereocenters. The summed E-state index contributed by atoms with van der Waals surface area (Å²) in [7, 11) is 0. The lowest BCUT2D eigenvalue weighted by Gasteiger charge is -2.34. The van der Waals surface area contributed by atoms with Crippen LogP contribution in [-0.2, 0) is 19.6 Å². The number of rotatable bonds is 18. The number of hydrogen-bond donors (Lipinski definition) is 1. The molecule has 2 rings (SSSR count). The molecule has 0 spiro atoms. The maximum Gasteiger partial charge on any atom is 0.119 e. The summed E-state index contributed by atoms with van der Waals surface area (Å²) >= 11 is 5.71. The normalized spacial score (nSPS) is 16.0. The number of aliphatic hydroxyl groups is 1. The van der Waals surface area contributed by atoms with Crippen LogP contribution in [0.2, 0.25) is 0 Å². The minimum Gasteiger partial charge on any atom is -0.494 e. The van der Waals surface area contributed by atoms with Crippen LogP contribution >= 0.6 is 11.6 Å². The van der Waals surface area contributed by atoms with Crippen molar-refractivity contribution in [2.24, 2.45) is 5.92 Å². The van der Waals surface area contributed by atoms with Crippen molar-refractivity contribution >= 4 is 11.6 Å². The Morgan fingerprint density at radius 3 is 2.24 bits per heavy atom. The highest BCUT2D eigenvalue weighted by Crippen LogP contribution is 2.38. The molecule has 0 bridgehead atoms. The molecule has 0 saturated heterocycles. The molecule has 1 aromatic rings. The summed E-state index contributed by atoms with van der Waals surface area (Å²) in [6.45, 7) is 7.76. The fraction of sp³-hybridized carbons (Fsp3) is 0.630. The number of halogens is 1. The Balaban J connectivity index is 1.69. The summed E-state index contributed by atoms with van der Waals surface area (Å²) in [5.74, 6) is 2.98. The predicted octanol–water partition coefficient (Wildman–Crippen LogP) is 5.64. The average Bonchev–Trinajstić information content (AvgIpc) is 2.83. The molecular formula is C27H41ClO5. The van der Waals surface area contributed by atoms with Crippen LogP contribution in [0, 0.1) is 5.92 Å². The summed E-state index contributed by atoms with van der Waals surface area (Å²) in [5, 5.41) is 8.65. The van der Waals surface area contributed by atoms with Crippen LogP contribution in [0.3, 0.4) is 0 Å². The molecule has 33 heavy (non-hydrogen) atoms. The van der Waals surface area contributed by atoms with E-state index in [-0.39, 0.29) is 12.0 Å². The second kappa shape index (κ2) is 16.2. The van der Waals surface area contributed by atoms with Gasteiger partial charge in [-0.15, -0.1) is 11.6 Å². The third-order valence-corrected chi connectivity index (χ3v) is 6.26. The Kier molecular flexibility index (Phi) is 13.6. The minimum absolute atomic E-state index is 0.0102. The zero-order chi connectivity index (χ0) is 23.8. The monoisotopic (exact) mass is 480 g/mol. The Labute approximate surface area is 204 Å². The van der Waals surface area contributed by atoms with Crippen molar-refractivity contribution in [1.29, 1.82) is 0 Å². The van der Waals surface area contributed by atoms with Gasteiger partial charge >= 0.3 is 0 Å². The summed E-state index contributed by atoms with van der Waals surface area (Å²) in [6.07, 6.45) is 11.9. The van der Waals surface area contributed by atoms with E-state index < -0.39 is 0 Å². The van der Waals surface area contributed by atoms with E-state index in [2.05, 4.69) is 56.3 Å². The minimum atomic E-state index is 0.0102. The number of allylic oxidation sites excluding steroid dienone is 3. The van der Waals surface area contributed by atoms with Crippen LogP contribution in [0.15, 0.2) is 48.3 Å². The first-order valence-electron chi connectivity index (χ1n) is 12.1. The smallest absolute Gasteiger partial charge is 0.119 e. The number of ether oxygens (including phenoxy) is 4. The molecule has 6 heteroatoms. The lowest BCUT2D eigenvalue weighted by molar-refractivity contribution is 0.0183. The van der Waals surface area contributed by atoms with E-state index in [4.69, 9.17) is 35.7 Å². The van der Waals surface area contributed by atoms with Gasteiger partial charge in [0.25, 0.3) is 0 Å². The summed E-state index contributed by atoms with van der Waals surface area (Å²) in [5.41, 5.74) is 1.32. The third-order valence-electron chi connectivity index (χ3n) is 5.99. The molecule has 186 valence electrons. The predicted molar refractivity (Wildman–Crippen MR) is 134 cm³/mol. The van der Waals surface area contributed by atoms with E-state index in [1.165, 1.54) is 18.4 Å². The van der Waals surface area contributed by atoms with E-state index in [1.54, 1.807) is 0 Å². The molecule has 1 aromatic carbocycles. The number of hydrogen-bond acceptors (Lipinski definition) is 5. The molecular weight excluding hydrogens is 440 g/mol. The zero-order valence-corrected chi connectivity index (χ0v) is 21.0. The van der Waals surface area contributed by atoms with Crippen LogP contribution in [0.4, 0.5) is 0 Å². The fourth-order valence-corrected chi connectivity index (χ4v) is 3.97. The van der Waals surface area contributed by atoms with Crippen molar-refractivity contribution < 1.29 is 24.1 Å². The van der Waals surface area contributed by atoms with E-state index in [1.807, 2.05) is 0 Å². The molecule has 5 nitrogen and oxygen atoms in total. The summed E-state index contributed by atoms with van der Waals surface area (Å²) < 4.78 is 22.3. The first-order chi connectivity index (χ1) is 16.1. The van der Waals surface area contributed by atoms with Gasteiger partial charge in [-0.1, -0.05) is 44.9 Å². The fourth-order valence-electron chi connectivity index (χ4n) is 3.78. The topological polar surface area (TPSA) is 57.2 Å². The summed E-state index contributed by atoms with van der Waals surface area (Å²) in [6, 6.07) is 8.55. The Hall–Kier alpha value is -1.53. The van der Waals surface area contributed by atoms with Crippen molar-refractivity contribution in [2.45, 2.75) is 51.4 Å². The van der Waals surface area contributed by atoms with Crippen molar-refractivity contribution in [3.05, 3.63) is 53.8 Å². The molecule has 0 aliphatic heterocycles. The number of alkyl halides is 1. The molecule has 0 heterocycles. The molecule has 1 N–H and O–H groups in total. The molecule has 1 atom stereocenters. The quantitative estimate of drug-likeness (QED) is 0.217. The van der Waals surface area contributed by atoms with Gasteiger partial charge in [-0.3, -0.25) is 0 Å². The van der Waals surface area contributed by atoms with Gasteiger partial charge < -0.3 is 24.1 Å². The first-order valence-corrected chi connectivity index (χ1v) is 12.7. The van der Waals surface area contributed by atoms with Crippen molar-refractivity contribution in [3.63, 3.8) is 0 Å². The van der Waals surface area contributed by atoms with Gasteiger partial charge in [0.2, 0.25) is 0 Å². The summed E-state index contributed by atoms with van der Waals surface area (Å²) in [4.78, 5) is 0. The second-order valence-corrected chi connectivity index (χ2v) is 9.18. The Morgan fingerprint density at radius 2 is 1.58 bits per heavy atom. The highest BCUT2D eigenvalue weighted by Gasteiger charge is 2.30. The zero-order valence-electron chi connectivity index (χ0n) is 20.3. The Bertz CT molecular complexity index is 699. The molecule has 0 aromatic heterocycles. The SMILES string of the molecule is CC(C)(c1ccc(OCCCCCCCl)cc1)C1C=CC(OCCOCCOCCO)=CC1.